The number of nitrogens with two attached hydrogens (primary N) is 1. The van der Waals surface area contributed by atoms with Gasteiger partial charge >= 0.3 is 0 Å². The van der Waals surface area contributed by atoms with E-state index in [0.29, 0.717) is 29.8 Å². The van der Waals surface area contributed by atoms with Gasteiger partial charge in [-0.1, -0.05) is 18.2 Å². The van der Waals surface area contributed by atoms with Crippen molar-refractivity contribution in [1.29, 1.82) is 0 Å². The van der Waals surface area contributed by atoms with Crippen LogP contribution in [-0.2, 0) is 16.4 Å². The fraction of sp³-hybridized carbons (Fsp3) is 0.250. The Morgan fingerprint density at radius 3 is 2.56 bits per heavy atom. The molecule has 9 heteroatoms. The van der Waals surface area contributed by atoms with Gasteiger partial charge in [-0.05, 0) is 43.0 Å². The molecule has 0 aromatic heterocycles. The lowest BCUT2D eigenvalue weighted by Gasteiger charge is -2.31. The van der Waals surface area contributed by atoms with E-state index in [1.807, 2.05) is 0 Å². The van der Waals surface area contributed by atoms with E-state index in [2.05, 4.69) is 0 Å². The van der Waals surface area contributed by atoms with E-state index in [1.54, 1.807) is 31.2 Å². The molecule has 0 aliphatic carbocycles. The molecule has 0 amide bonds. The highest BCUT2D eigenvalue weighted by atomic mass is 35.5. The molecular weight excluding hydrogens is 366 g/mol. The van der Waals surface area contributed by atoms with Gasteiger partial charge in [0.15, 0.2) is 4.90 Å². The van der Waals surface area contributed by atoms with Crippen molar-refractivity contribution in [3.63, 3.8) is 0 Å². The van der Waals surface area contributed by atoms with E-state index >= 15 is 0 Å². The minimum Gasteiger partial charge on any atom is -0.398 e. The van der Waals surface area contributed by atoms with Crippen LogP contribution >= 0.6 is 12.4 Å². The second kappa shape index (κ2) is 6.89. The highest BCUT2D eigenvalue weighted by molar-refractivity contribution is 7.93. The molecule has 0 bridgehead atoms. The number of benzene rings is 2. The summed E-state index contributed by atoms with van der Waals surface area (Å²) in [6, 6.07) is 9.36. The van der Waals surface area contributed by atoms with E-state index < -0.39 is 20.6 Å². The summed E-state index contributed by atoms with van der Waals surface area (Å²) in [5, 5.41) is 11.3. The van der Waals surface area contributed by atoms with Crippen LogP contribution < -0.4 is 10.0 Å². The summed E-state index contributed by atoms with van der Waals surface area (Å²) in [6.45, 7) is 1.83. The predicted molar refractivity (Wildman–Crippen MR) is 98.8 cm³/mol. The molecule has 134 valence electrons. The van der Waals surface area contributed by atoms with Crippen LogP contribution in [0.25, 0.3) is 0 Å². The zero-order valence-electron chi connectivity index (χ0n) is 13.5. The van der Waals surface area contributed by atoms with Crippen molar-refractivity contribution < 1.29 is 13.3 Å². The van der Waals surface area contributed by atoms with Crippen LogP contribution in [0.5, 0.6) is 0 Å². The van der Waals surface area contributed by atoms with Crippen LogP contribution in [0.3, 0.4) is 0 Å². The van der Waals surface area contributed by atoms with E-state index in [9.17, 15) is 18.5 Å². The fourth-order valence-electron chi connectivity index (χ4n) is 3.09. The molecule has 0 saturated heterocycles. The zero-order valence-corrected chi connectivity index (χ0v) is 15.1. The van der Waals surface area contributed by atoms with Crippen LogP contribution in [0.1, 0.15) is 17.5 Å². The van der Waals surface area contributed by atoms with Gasteiger partial charge in [-0.25, -0.2) is 8.42 Å². The molecule has 0 saturated carbocycles. The summed E-state index contributed by atoms with van der Waals surface area (Å²) in [7, 11) is -4.06. The van der Waals surface area contributed by atoms with Crippen LogP contribution in [0.15, 0.2) is 41.3 Å². The number of aryl methyl sites for hydroxylation is 1. The van der Waals surface area contributed by atoms with E-state index in [1.165, 1.54) is 16.4 Å². The molecule has 2 aromatic carbocycles. The Bertz CT molecular complexity index is 931. The first-order valence-corrected chi connectivity index (χ1v) is 8.92. The van der Waals surface area contributed by atoms with Crippen molar-refractivity contribution >= 4 is 39.5 Å². The minimum absolute atomic E-state index is 0. The third kappa shape index (κ3) is 3.14. The Labute approximate surface area is 152 Å². The second-order valence-electron chi connectivity index (χ2n) is 5.71. The third-order valence-electron chi connectivity index (χ3n) is 4.18. The average molecular weight is 384 g/mol. The van der Waals surface area contributed by atoms with Crippen LogP contribution in [-0.4, -0.2) is 19.9 Å². The molecular formula is C16H18ClN3O4S. The Balaban J connectivity index is 0.00000225. The van der Waals surface area contributed by atoms with E-state index in [0.717, 1.165) is 5.56 Å². The molecule has 0 fully saturated rings. The highest BCUT2D eigenvalue weighted by Gasteiger charge is 2.35. The van der Waals surface area contributed by atoms with Crippen molar-refractivity contribution in [2.75, 3.05) is 16.6 Å². The summed E-state index contributed by atoms with van der Waals surface area (Å²) in [6.07, 6.45) is 1.30. The number of nitrogen functional groups attached to an aromatic ring is 1. The van der Waals surface area contributed by atoms with Crippen molar-refractivity contribution in [1.82, 2.24) is 0 Å². The van der Waals surface area contributed by atoms with Gasteiger partial charge in [-0.15, -0.1) is 12.4 Å². The summed E-state index contributed by atoms with van der Waals surface area (Å²) in [5.41, 5.74) is 7.70. The van der Waals surface area contributed by atoms with Gasteiger partial charge in [0.1, 0.15) is 0 Å². The van der Waals surface area contributed by atoms with Gasteiger partial charge in [0.2, 0.25) is 0 Å². The summed E-state index contributed by atoms with van der Waals surface area (Å²) in [5.74, 6) is 0. The number of hydrogen-bond donors (Lipinski definition) is 1. The number of nitro groups is 1. The highest BCUT2D eigenvalue weighted by Crippen LogP contribution is 2.38. The lowest BCUT2D eigenvalue weighted by Crippen LogP contribution is -2.36. The Morgan fingerprint density at radius 2 is 1.88 bits per heavy atom. The Morgan fingerprint density at radius 1 is 1.20 bits per heavy atom. The lowest BCUT2D eigenvalue weighted by molar-refractivity contribution is -0.387. The molecule has 2 aromatic rings. The van der Waals surface area contributed by atoms with Gasteiger partial charge in [0.05, 0.1) is 10.6 Å². The molecule has 2 N–H and O–H groups in total. The quantitative estimate of drug-likeness (QED) is 0.498. The average Bonchev–Trinajstić information content (AvgIpc) is 2.54. The van der Waals surface area contributed by atoms with Crippen molar-refractivity contribution in [3.8, 4) is 0 Å². The normalized spacial score (nSPS) is 13.7. The maximum Gasteiger partial charge on any atom is 0.290 e. The number of fused-ring (bicyclic) bond motifs is 1. The topological polar surface area (TPSA) is 107 Å². The number of sulfonamides is 1. The first kappa shape index (κ1) is 19.0. The predicted octanol–water partition coefficient (Wildman–Crippen LogP) is 3.05. The summed E-state index contributed by atoms with van der Waals surface area (Å²) < 4.78 is 27.6. The van der Waals surface area contributed by atoms with Crippen molar-refractivity contribution in [2.24, 2.45) is 0 Å². The Hall–Kier alpha value is -2.32. The van der Waals surface area contributed by atoms with Crippen LogP contribution in [0.2, 0.25) is 0 Å². The minimum atomic E-state index is -4.06. The molecule has 7 nitrogen and oxygen atoms in total. The van der Waals surface area contributed by atoms with Crippen molar-refractivity contribution in [3.05, 3.63) is 57.6 Å². The smallest absolute Gasteiger partial charge is 0.290 e. The molecule has 0 radical (unpaired) electrons. The van der Waals surface area contributed by atoms with Gasteiger partial charge in [0, 0.05) is 18.3 Å². The van der Waals surface area contributed by atoms with Gasteiger partial charge in [-0.3, -0.25) is 14.4 Å². The van der Waals surface area contributed by atoms with Gasteiger partial charge in [-0.2, -0.15) is 0 Å². The van der Waals surface area contributed by atoms with Gasteiger partial charge < -0.3 is 5.73 Å². The molecule has 0 spiro atoms. The first-order chi connectivity index (χ1) is 11.3. The monoisotopic (exact) mass is 383 g/mol. The summed E-state index contributed by atoms with van der Waals surface area (Å²) in [4.78, 5) is 10.4. The maximum atomic E-state index is 13.2. The fourth-order valence-corrected chi connectivity index (χ4v) is 5.00. The SMILES string of the molecule is Cc1cccc([N+](=O)[O-])c1S(=O)(=O)N1CCCc2c(N)cccc21.Cl. The third-order valence-corrected chi connectivity index (χ3v) is 6.19. The maximum absolute atomic E-state index is 13.2. The van der Waals surface area contributed by atoms with Crippen LogP contribution in [0.4, 0.5) is 17.1 Å². The van der Waals surface area contributed by atoms with Crippen molar-refractivity contribution in [2.45, 2.75) is 24.7 Å². The molecule has 1 aliphatic rings. The molecule has 25 heavy (non-hydrogen) atoms. The largest absolute Gasteiger partial charge is 0.398 e. The molecule has 1 aliphatic heterocycles. The molecule has 3 rings (SSSR count). The standard InChI is InChI=1S/C16H17N3O4S.ClH/c1-11-5-2-9-15(19(20)21)16(11)24(22,23)18-10-4-6-12-13(17)7-3-8-14(12)18;/h2-3,5,7-9H,4,6,10,17H2,1H3;1H. The number of nitrogens with zero attached hydrogens (tertiary/aromatic N) is 2. The zero-order chi connectivity index (χ0) is 17.5. The number of hydrogen-bond acceptors (Lipinski definition) is 5. The van der Waals surface area contributed by atoms with E-state index in [4.69, 9.17) is 5.73 Å². The second-order valence-corrected chi connectivity index (χ2v) is 7.51. The first-order valence-electron chi connectivity index (χ1n) is 7.48. The number of nitro benzene ring substituents is 1. The number of anilines is 2. The molecule has 0 unspecified atom stereocenters. The number of halogens is 1. The van der Waals surface area contributed by atoms with Gasteiger partial charge in [0.25, 0.3) is 15.7 Å². The lowest BCUT2D eigenvalue weighted by atomic mass is 10.0. The Kier molecular flexibility index (Phi) is 5.24. The van der Waals surface area contributed by atoms with E-state index in [-0.39, 0.29) is 23.8 Å². The van der Waals surface area contributed by atoms with Crippen LogP contribution in [0, 0.1) is 17.0 Å². The number of rotatable bonds is 3. The molecule has 1 heterocycles. The summed E-state index contributed by atoms with van der Waals surface area (Å²) >= 11 is 0. The molecule has 0 atom stereocenters.